The summed E-state index contributed by atoms with van der Waals surface area (Å²) in [5.41, 5.74) is 5.38. The highest BCUT2D eigenvalue weighted by molar-refractivity contribution is 5.79. The van der Waals surface area contributed by atoms with Gasteiger partial charge >= 0.3 is 0 Å². The van der Waals surface area contributed by atoms with Gasteiger partial charge in [0.05, 0.1) is 0 Å². The summed E-state index contributed by atoms with van der Waals surface area (Å²) in [6.07, 6.45) is 2.75. The van der Waals surface area contributed by atoms with Gasteiger partial charge in [0.1, 0.15) is 5.84 Å². The van der Waals surface area contributed by atoms with Gasteiger partial charge in [-0.25, -0.2) is 0 Å². The number of nitrogens with zero attached hydrogens (tertiary/aromatic N) is 2. The third kappa shape index (κ3) is 6.33. The van der Waals surface area contributed by atoms with Crippen molar-refractivity contribution in [3.8, 4) is 0 Å². The van der Waals surface area contributed by atoms with Crippen LogP contribution in [0.3, 0.4) is 0 Å². The molecule has 3 N–H and O–H groups in total. The molecule has 0 aromatic heterocycles. The van der Waals surface area contributed by atoms with E-state index in [9.17, 15) is 0 Å². The molecule has 0 saturated carbocycles. The van der Waals surface area contributed by atoms with E-state index in [2.05, 4.69) is 37.9 Å². The molecule has 0 aliphatic rings. The maximum atomic E-state index is 8.36. The lowest BCUT2D eigenvalue weighted by Gasteiger charge is -2.27. The molecule has 0 aliphatic heterocycles. The van der Waals surface area contributed by atoms with Crippen LogP contribution in [0, 0.1) is 5.92 Å². The van der Waals surface area contributed by atoms with Crippen molar-refractivity contribution in [1.82, 2.24) is 4.90 Å². The molecule has 90 valence electrons. The van der Waals surface area contributed by atoms with E-state index in [1.54, 1.807) is 0 Å². The minimum Gasteiger partial charge on any atom is -0.409 e. The highest BCUT2D eigenvalue weighted by Gasteiger charge is 2.11. The van der Waals surface area contributed by atoms with Crippen LogP contribution in [0.2, 0.25) is 0 Å². The zero-order valence-electron chi connectivity index (χ0n) is 10.4. The summed E-state index contributed by atoms with van der Waals surface area (Å²) in [4.78, 5) is 2.36. The zero-order valence-corrected chi connectivity index (χ0v) is 10.4. The largest absolute Gasteiger partial charge is 0.409 e. The molecule has 0 bridgehead atoms. The first-order valence-corrected chi connectivity index (χ1v) is 5.65. The van der Waals surface area contributed by atoms with Crippen molar-refractivity contribution in [3.63, 3.8) is 0 Å². The fourth-order valence-electron chi connectivity index (χ4n) is 1.43. The Morgan fingerprint density at radius 2 is 1.93 bits per heavy atom. The van der Waals surface area contributed by atoms with Gasteiger partial charge in [0.25, 0.3) is 0 Å². The fraction of sp³-hybridized carbons (Fsp3) is 0.909. The fourth-order valence-corrected chi connectivity index (χ4v) is 1.43. The first-order valence-electron chi connectivity index (χ1n) is 5.65. The van der Waals surface area contributed by atoms with Crippen LogP contribution >= 0.6 is 0 Å². The lowest BCUT2D eigenvalue weighted by atomic mass is 10.0. The Hall–Kier alpha value is -0.770. The standard InChI is InChI=1S/C11H25N3O/c1-9(2)10(3)14(4)8-6-5-7-11(12)13-15/h9-10,15H,5-8H2,1-4H3,(H2,12,13). The van der Waals surface area contributed by atoms with E-state index in [0.717, 1.165) is 19.4 Å². The molecular formula is C11H25N3O. The van der Waals surface area contributed by atoms with Gasteiger partial charge < -0.3 is 15.8 Å². The number of rotatable bonds is 7. The molecule has 0 aromatic rings. The van der Waals surface area contributed by atoms with Gasteiger partial charge in [0.2, 0.25) is 0 Å². The molecule has 15 heavy (non-hydrogen) atoms. The molecule has 0 aromatic carbocycles. The third-order valence-corrected chi connectivity index (χ3v) is 2.98. The molecule has 1 unspecified atom stereocenters. The molecule has 0 saturated heterocycles. The van der Waals surface area contributed by atoms with Gasteiger partial charge in [-0.1, -0.05) is 19.0 Å². The second-order valence-electron chi connectivity index (χ2n) is 4.51. The van der Waals surface area contributed by atoms with Crippen LogP contribution in [0.15, 0.2) is 5.16 Å². The molecular weight excluding hydrogens is 190 g/mol. The number of oxime groups is 1. The Morgan fingerprint density at radius 1 is 1.33 bits per heavy atom. The van der Waals surface area contributed by atoms with Crippen LogP contribution in [0.1, 0.15) is 40.0 Å². The van der Waals surface area contributed by atoms with Crippen LogP contribution in [0.25, 0.3) is 0 Å². The topological polar surface area (TPSA) is 61.8 Å². The Bertz CT molecular complexity index is 192. The van der Waals surface area contributed by atoms with Crippen LogP contribution in [0.5, 0.6) is 0 Å². The molecule has 0 fully saturated rings. The van der Waals surface area contributed by atoms with Gasteiger partial charge in [-0.3, -0.25) is 0 Å². The SMILES string of the molecule is CC(C)C(C)N(C)CCCC/C(N)=N/O. The Morgan fingerprint density at radius 3 is 2.40 bits per heavy atom. The Labute approximate surface area is 93.1 Å². The highest BCUT2D eigenvalue weighted by Crippen LogP contribution is 2.09. The van der Waals surface area contributed by atoms with E-state index in [-0.39, 0.29) is 0 Å². The minimum atomic E-state index is 0.328. The third-order valence-electron chi connectivity index (χ3n) is 2.98. The van der Waals surface area contributed by atoms with Crippen molar-refractivity contribution < 1.29 is 5.21 Å². The highest BCUT2D eigenvalue weighted by atomic mass is 16.4. The van der Waals surface area contributed by atoms with Crippen molar-refractivity contribution in [1.29, 1.82) is 0 Å². The zero-order chi connectivity index (χ0) is 11.8. The first kappa shape index (κ1) is 14.2. The maximum absolute atomic E-state index is 8.36. The number of nitrogens with two attached hydrogens (primary N) is 1. The summed E-state index contributed by atoms with van der Waals surface area (Å²) < 4.78 is 0. The van der Waals surface area contributed by atoms with Gasteiger partial charge in [0.15, 0.2) is 0 Å². The maximum Gasteiger partial charge on any atom is 0.139 e. The van der Waals surface area contributed by atoms with Crippen LogP contribution in [-0.4, -0.2) is 35.6 Å². The van der Waals surface area contributed by atoms with Gasteiger partial charge in [-0.05, 0) is 39.3 Å². The quantitative estimate of drug-likeness (QED) is 0.224. The lowest BCUT2D eigenvalue weighted by Crippen LogP contribution is -2.34. The van der Waals surface area contributed by atoms with Crippen LogP contribution < -0.4 is 5.73 Å². The van der Waals surface area contributed by atoms with Crippen molar-refractivity contribution in [2.45, 2.75) is 46.1 Å². The van der Waals surface area contributed by atoms with Crippen molar-refractivity contribution in [2.24, 2.45) is 16.8 Å². The molecule has 4 nitrogen and oxygen atoms in total. The lowest BCUT2D eigenvalue weighted by molar-refractivity contribution is 0.205. The average molecular weight is 215 g/mol. The normalized spacial score (nSPS) is 14.9. The molecule has 0 amide bonds. The summed E-state index contributed by atoms with van der Waals surface area (Å²) in [5.74, 6) is 1.01. The molecule has 4 heteroatoms. The van der Waals surface area contributed by atoms with Crippen molar-refractivity contribution in [2.75, 3.05) is 13.6 Å². The monoisotopic (exact) mass is 215 g/mol. The van der Waals surface area contributed by atoms with Crippen molar-refractivity contribution >= 4 is 5.84 Å². The molecule has 0 aliphatic carbocycles. The second kappa shape index (κ2) is 7.51. The second-order valence-corrected chi connectivity index (χ2v) is 4.51. The van der Waals surface area contributed by atoms with Gasteiger partial charge in [0, 0.05) is 12.5 Å². The summed E-state index contributed by atoms with van der Waals surface area (Å²) >= 11 is 0. The molecule has 1 atom stereocenters. The van der Waals surface area contributed by atoms with E-state index >= 15 is 0 Å². The number of hydrogen-bond acceptors (Lipinski definition) is 3. The van der Waals surface area contributed by atoms with E-state index in [0.29, 0.717) is 24.2 Å². The molecule has 0 spiro atoms. The summed E-state index contributed by atoms with van der Waals surface area (Å²) in [7, 11) is 2.15. The van der Waals surface area contributed by atoms with E-state index < -0.39 is 0 Å². The average Bonchev–Trinajstić information content (AvgIpc) is 2.22. The molecule has 0 rings (SSSR count). The number of amidine groups is 1. The molecule has 0 heterocycles. The summed E-state index contributed by atoms with van der Waals surface area (Å²) in [6.45, 7) is 7.78. The Kier molecular flexibility index (Phi) is 7.13. The van der Waals surface area contributed by atoms with E-state index in [1.165, 1.54) is 0 Å². The smallest absolute Gasteiger partial charge is 0.139 e. The van der Waals surface area contributed by atoms with Crippen LogP contribution in [-0.2, 0) is 0 Å². The minimum absolute atomic E-state index is 0.328. The summed E-state index contributed by atoms with van der Waals surface area (Å²) in [5, 5.41) is 11.3. The van der Waals surface area contributed by atoms with Crippen LogP contribution in [0.4, 0.5) is 0 Å². The van der Waals surface area contributed by atoms with Gasteiger partial charge in [-0.2, -0.15) is 0 Å². The summed E-state index contributed by atoms with van der Waals surface area (Å²) in [6, 6.07) is 0.605. The van der Waals surface area contributed by atoms with Crippen molar-refractivity contribution in [3.05, 3.63) is 0 Å². The Balaban J connectivity index is 3.59. The predicted octanol–water partition coefficient (Wildman–Crippen LogP) is 1.88. The van der Waals surface area contributed by atoms with E-state index in [1.807, 2.05) is 0 Å². The number of unbranched alkanes of at least 4 members (excludes halogenated alkanes) is 1. The first-order chi connectivity index (χ1) is 6.99. The molecule has 0 radical (unpaired) electrons. The van der Waals surface area contributed by atoms with Gasteiger partial charge in [-0.15, -0.1) is 0 Å². The van der Waals surface area contributed by atoms with E-state index in [4.69, 9.17) is 10.9 Å². The predicted molar refractivity (Wildman–Crippen MR) is 64.2 cm³/mol. The number of hydrogen-bond donors (Lipinski definition) is 2.